The van der Waals surface area contributed by atoms with Crippen molar-refractivity contribution < 1.29 is 14.0 Å². The molecule has 3 rings (SSSR count). The normalized spacial score (nSPS) is 16.8. The maximum atomic E-state index is 13.0. The molecule has 0 aromatic heterocycles. The van der Waals surface area contributed by atoms with Crippen LogP contribution in [0, 0.1) is 17.1 Å². The molecule has 1 aliphatic rings. The Morgan fingerprint density at radius 2 is 2.00 bits per heavy atom. The SMILES string of the molecule is N#Cc1cccc(C(=O)NC2CCN(c3ccc(F)cc3)C2=O)c1. The van der Waals surface area contributed by atoms with Gasteiger partial charge in [-0.3, -0.25) is 9.59 Å². The van der Waals surface area contributed by atoms with E-state index in [-0.39, 0.29) is 11.7 Å². The first-order valence-electron chi connectivity index (χ1n) is 7.46. The van der Waals surface area contributed by atoms with Crippen molar-refractivity contribution in [3.05, 3.63) is 65.5 Å². The lowest BCUT2D eigenvalue weighted by Crippen LogP contribution is -2.41. The summed E-state index contributed by atoms with van der Waals surface area (Å²) in [6.45, 7) is 0.452. The van der Waals surface area contributed by atoms with Crippen LogP contribution in [0.15, 0.2) is 48.5 Å². The summed E-state index contributed by atoms with van der Waals surface area (Å²) in [6.07, 6.45) is 0.472. The molecule has 0 saturated carbocycles. The number of benzene rings is 2. The first kappa shape index (κ1) is 15.7. The Morgan fingerprint density at radius 1 is 1.25 bits per heavy atom. The van der Waals surface area contributed by atoms with Gasteiger partial charge in [-0.2, -0.15) is 5.26 Å². The molecule has 1 fully saturated rings. The first-order valence-corrected chi connectivity index (χ1v) is 7.46. The van der Waals surface area contributed by atoms with Crippen LogP contribution < -0.4 is 10.2 Å². The lowest BCUT2D eigenvalue weighted by Gasteiger charge is -2.17. The molecule has 2 aromatic carbocycles. The van der Waals surface area contributed by atoms with Crippen LogP contribution in [0.4, 0.5) is 10.1 Å². The molecule has 6 heteroatoms. The molecule has 1 aliphatic heterocycles. The lowest BCUT2D eigenvalue weighted by molar-refractivity contribution is -0.118. The number of rotatable bonds is 3. The fraction of sp³-hybridized carbons (Fsp3) is 0.167. The van der Waals surface area contributed by atoms with E-state index in [2.05, 4.69) is 5.32 Å². The van der Waals surface area contributed by atoms with Crippen molar-refractivity contribution in [3.63, 3.8) is 0 Å². The molecule has 1 saturated heterocycles. The molecule has 120 valence electrons. The summed E-state index contributed by atoms with van der Waals surface area (Å²) in [5.74, 6) is -0.995. The highest BCUT2D eigenvalue weighted by Crippen LogP contribution is 2.22. The van der Waals surface area contributed by atoms with Crippen molar-refractivity contribution in [3.8, 4) is 6.07 Å². The number of hydrogen-bond donors (Lipinski definition) is 1. The second-order valence-corrected chi connectivity index (χ2v) is 5.47. The average molecular weight is 323 g/mol. The molecule has 0 bridgehead atoms. The Labute approximate surface area is 138 Å². The van der Waals surface area contributed by atoms with Gasteiger partial charge in [-0.15, -0.1) is 0 Å². The van der Waals surface area contributed by atoms with Crippen LogP contribution >= 0.6 is 0 Å². The molecular formula is C18H14FN3O2. The van der Waals surface area contributed by atoms with Crippen LogP contribution in [0.3, 0.4) is 0 Å². The minimum absolute atomic E-state index is 0.230. The van der Waals surface area contributed by atoms with Gasteiger partial charge in [0, 0.05) is 17.8 Å². The topological polar surface area (TPSA) is 73.2 Å². The van der Waals surface area contributed by atoms with Crippen LogP contribution in [0.1, 0.15) is 22.3 Å². The van der Waals surface area contributed by atoms with Crippen molar-refractivity contribution in [2.75, 3.05) is 11.4 Å². The van der Waals surface area contributed by atoms with Gasteiger partial charge in [0.1, 0.15) is 11.9 Å². The second-order valence-electron chi connectivity index (χ2n) is 5.47. The Kier molecular flexibility index (Phi) is 4.25. The molecular weight excluding hydrogens is 309 g/mol. The summed E-state index contributed by atoms with van der Waals surface area (Å²) in [4.78, 5) is 26.2. The Balaban J connectivity index is 1.70. The third-order valence-corrected chi connectivity index (χ3v) is 3.90. The maximum Gasteiger partial charge on any atom is 0.251 e. The fourth-order valence-electron chi connectivity index (χ4n) is 2.66. The number of nitrogens with zero attached hydrogens (tertiary/aromatic N) is 2. The zero-order valence-corrected chi connectivity index (χ0v) is 12.7. The minimum atomic E-state index is -0.631. The van der Waals surface area contributed by atoms with Crippen molar-refractivity contribution in [2.45, 2.75) is 12.5 Å². The highest BCUT2D eigenvalue weighted by atomic mass is 19.1. The van der Waals surface area contributed by atoms with E-state index in [1.807, 2.05) is 6.07 Å². The zero-order chi connectivity index (χ0) is 17.1. The van der Waals surface area contributed by atoms with E-state index in [4.69, 9.17) is 5.26 Å². The summed E-state index contributed by atoms with van der Waals surface area (Å²) < 4.78 is 13.0. The smallest absolute Gasteiger partial charge is 0.251 e. The fourth-order valence-corrected chi connectivity index (χ4v) is 2.66. The number of anilines is 1. The molecule has 2 aromatic rings. The van der Waals surface area contributed by atoms with Crippen molar-refractivity contribution >= 4 is 17.5 Å². The maximum absolute atomic E-state index is 13.0. The number of amides is 2. The molecule has 24 heavy (non-hydrogen) atoms. The molecule has 1 unspecified atom stereocenters. The standard InChI is InChI=1S/C18H14FN3O2/c19-14-4-6-15(7-5-14)22-9-8-16(18(22)24)21-17(23)13-3-1-2-12(10-13)11-20/h1-7,10,16H,8-9H2,(H,21,23). The molecule has 0 spiro atoms. The van der Waals surface area contributed by atoms with E-state index < -0.39 is 11.9 Å². The van der Waals surface area contributed by atoms with Crippen molar-refractivity contribution in [1.29, 1.82) is 5.26 Å². The van der Waals surface area contributed by atoms with Gasteiger partial charge < -0.3 is 10.2 Å². The number of hydrogen-bond acceptors (Lipinski definition) is 3. The quantitative estimate of drug-likeness (QED) is 0.941. The van der Waals surface area contributed by atoms with Gasteiger partial charge in [-0.05, 0) is 48.9 Å². The number of halogens is 1. The summed E-state index contributed by atoms with van der Waals surface area (Å²) in [5, 5.41) is 11.6. The monoisotopic (exact) mass is 323 g/mol. The van der Waals surface area contributed by atoms with Gasteiger partial charge in [0.2, 0.25) is 5.91 Å². The average Bonchev–Trinajstić information content (AvgIpc) is 2.96. The van der Waals surface area contributed by atoms with E-state index in [0.717, 1.165) is 0 Å². The van der Waals surface area contributed by atoms with E-state index in [1.165, 1.54) is 35.2 Å². The van der Waals surface area contributed by atoms with Gasteiger partial charge in [0.15, 0.2) is 0 Å². The van der Waals surface area contributed by atoms with Gasteiger partial charge in [-0.1, -0.05) is 6.07 Å². The molecule has 5 nitrogen and oxygen atoms in total. The van der Waals surface area contributed by atoms with Crippen LogP contribution in [0.5, 0.6) is 0 Å². The number of nitriles is 1. The van der Waals surface area contributed by atoms with Crippen LogP contribution in [0.25, 0.3) is 0 Å². The number of carbonyl (C=O) groups excluding carboxylic acids is 2. The molecule has 1 atom stereocenters. The highest BCUT2D eigenvalue weighted by Gasteiger charge is 2.33. The summed E-state index contributed by atoms with van der Waals surface area (Å²) in [5.41, 5.74) is 1.32. The van der Waals surface area contributed by atoms with Gasteiger partial charge in [0.05, 0.1) is 11.6 Å². The molecule has 2 amide bonds. The van der Waals surface area contributed by atoms with Crippen molar-refractivity contribution in [2.24, 2.45) is 0 Å². The van der Waals surface area contributed by atoms with Crippen LogP contribution in [0.2, 0.25) is 0 Å². The predicted octanol–water partition coefficient (Wildman–Crippen LogP) is 2.23. The molecule has 0 radical (unpaired) electrons. The zero-order valence-electron chi connectivity index (χ0n) is 12.7. The van der Waals surface area contributed by atoms with Gasteiger partial charge in [-0.25, -0.2) is 4.39 Å². The third kappa shape index (κ3) is 3.10. The molecule has 0 aliphatic carbocycles. The molecule has 1 heterocycles. The van der Waals surface area contributed by atoms with Crippen LogP contribution in [-0.2, 0) is 4.79 Å². The third-order valence-electron chi connectivity index (χ3n) is 3.90. The number of carbonyl (C=O) groups is 2. The Morgan fingerprint density at radius 3 is 2.71 bits per heavy atom. The van der Waals surface area contributed by atoms with E-state index in [0.29, 0.717) is 29.8 Å². The lowest BCUT2D eigenvalue weighted by atomic mass is 10.1. The second kappa shape index (κ2) is 6.50. The van der Waals surface area contributed by atoms with Crippen molar-refractivity contribution in [1.82, 2.24) is 5.32 Å². The van der Waals surface area contributed by atoms with Gasteiger partial charge in [0.25, 0.3) is 5.91 Å². The summed E-state index contributed by atoms with van der Waals surface area (Å²) in [7, 11) is 0. The summed E-state index contributed by atoms with van der Waals surface area (Å²) in [6, 6.07) is 13.3. The highest BCUT2D eigenvalue weighted by molar-refractivity contribution is 6.03. The van der Waals surface area contributed by atoms with E-state index >= 15 is 0 Å². The van der Waals surface area contributed by atoms with Crippen LogP contribution in [-0.4, -0.2) is 24.4 Å². The van der Waals surface area contributed by atoms with Gasteiger partial charge >= 0.3 is 0 Å². The van der Waals surface area contributed by atoms with E-state index in [1.54, 1.807) is 18.2 Å². The summed E-state index contributed by atoms with van der Waals surface area (Å²) >= 11 is 0. The first-order chi connectivity index (χ1) is 11.6. The Hall–Kier alpha value is -3.20. The molecule has 1 N–H and O–H groups in total. The Bertz CT molecular complexity index is 827. The number of nitrogens with one attached hydrogen (secondary N) is 1. The van der Waals surface area contributed by atoms with E-state index in [9.17, 15) is 14.0 Å². The minimum Gasteiger partial charge on any atom is -0.340 e. The predicted molar refractivity (Wildman–Crippen MR) is 85.8 cm³/mol. The largest absolute Gasteiger partial charge is 0.340 e.